The lowest BCUT2D eigenvalue weighted by atomic mass is 9.99. The Labute approximate surface area is 234 Å². The second-order valence-corrected chi connectivity index (χ2v) is 10.8. The highest BCUT2D eigenvalue weighted by molar-refractivity contribution is 8.26. The van der Waals surface area contributed by atoms with Crippen LogP contribution in [0.3, 0.4) is 0 Å². The van der Waals surface area contributed by atoms with E-state index in [-0.39, 0.29) is 42.1 Å². The Morgan fingerprint density at radius 3 is 2.50 bits per heavy atom. The number of Topliss-reactive ketones (excluding diaryl/α,β-unsaturated/α-hetero) is 1. The van der Waals surface area contributed by atoms with Gasteiger partial charge in [0.15, 0.2) is 5.78 Å². The molecule has 0 bridgehead atoms. The van der Waals surface area contributed by atoms with Gasteiger partial charge in [0.25, 0.3) is 11.5 Å². The molecule has 1 amide bonds. The summed E-state index contributed by atoms with van der Waals surface area (Å²) in [7, 11) is 0. The number of aromatic nitrogens is 1. The number of nitriles is 1. The zero-order valence-electron chi connectivity index (χ0n) is 20.5. The van der Waals surface area contributed by atoms with Gasteiger partial charge in [-0.3, -0.25) is 23.9 Å². The van der Waals surface area contributed by atoms with Crippen molar-refractivity contribution in [3.63, 3.8) is 0 Å². The van der Waals surface area contributed by atoms with E-state index >= 15 is 0 Å². The molecule has 192 valence electrons. The predicted octanol–water partition coefficient (Wildman–Crippen LogP) is 5.22. The van der Waals surface area contributed by atoms with Gasteiger partial charge in [0, 0.05) is 18.0 Å². The standard InChI is InChI=1S/C28H22ClN3O4S2/c1-16-7-9-18(10-8-16)13-23-26(35)31(28(37)38-23)12-11-22(33)24-17(2)20(14-30)25(34)32(27(24)36)15-19-5-3-4-6-21(19)29/h3-10,13,36H,11-12,15H2,1-2H3/b23-13-. The topological polar surface area (TPSA) is 103 Å². The van der Waals surface area contributed by atoms with E-state index in [1.807, 2.05) is 37.3 Å². The molecule has 38 heavy (non-hydrogen) atoms. The fraction of sp³-hybridized carbons (Fsp3) is 0.179. The quantitative estimate of drug-likeness (QED) is 0.239. The number of amides is 1. The van der Waals surface area contributed by atoms with Crippen LogP contribution in [0, 0.1) is 25.2 Å². The van der Waals surface area contributed by atoms with Crippen LogP contribution in [0.5, 0.6) is 5.88 Å². The Balaban J connectivity index is 1.59. The fourth-order valence-electron chi connectivity index (χ4n) is 4.07. The number of thiocarbonyl (C=S) groups is 1. The van der Waals surface area contributed by atoms with Crippen molar-refractivity contribution in [3.8, 4) is 11.9 Å². The largest absolute Gasteiger partial charge is 0.494 e. The summed E-state index contributed by atoms with van der Waals surface area (Å²) in [6, 6.07) is 16.3. The minimum Gasteiger partial charge on any atom is -0.494 e. The molecule has 1 N–H and O–H groups in total. The van der Waals surface area contributed by atoms with Gasteiger partial charge in [0.1, 0.15) is 16.0 Å². The maximum Gasteiger partial charge on any atom is 0.271 e. The maximum atomic E-state index is 13.3. The molecule has 1 aromatic heterocycles. The van der Waals surface area contributed by atoms with E-state index in [1.54, 1.807) is 30.3 Å². The number of pyridine rings is 1. The summed E-state index contributed by atoms with van der Waals surface area (Å²) in [6.45, 7) is 3.27. The summed E-state index contributed by atoms with van der Waals surface area (Å²) in [5.41, 5.74) is 1.47. The molecule has 0 aliphatic carbocycles. The Bertz CT molecular complexity index is 1600. The van der Waals surface area contributed by atoms with Crippen LogP contribution in [0.1, 0.15) is 44.6 Å². The van der Waals surface area contributed by atoms with Gasteiger partial charge in [-0.25, -0.2) is 0 Å². The summed E-state index contributed by atoms with van der Waals surface area (Å²) in [5, 5.41) is 21.0. The highest BCUT2D eigenvalue weighted by Gasteiger charge is 2.33. The third-order valence-corrected chi connectivity index (χ3v) is 7.92. The Morgan fingerprint density at radius 1 is 1.16 bits per heavy atom. The van der Waals surface area contributed by atoms with Gasteiger partial charge in [0.05, 0.1) is 17.0 Å². The first-order valence-corrected chi connectivity index (χ1v) is 13.2. The molecule has 4 rings (SSSR count). The van der Waals surface area contributed by atoms with Crippen LogP contribution >= 0.6 is 35.6 Å². The SMILES string of the molecule is Cc1ccc(/C=C2\SC(=S)N(CCC(=O)c3c(C)c(C#N)c(=O)n(Cc4ccccc4Cl)c3O)C2=O)cc1. The number of aryl methyl sites for hydroxylation is 1. The molecule has 2 aromatic carbocycles. The number of hydrogen-bond acceptors (Lipinski definition) is 7. The molecule has 0 unspecified atom stereocenters. The smallest absolute Gasteiger partial charge is 0.271 e. The Kier molecular flexibility index (Phi) is 8.17. The van der Waals surface area contributed by atoms with E-state index in [0.717, 1.165) is 27.5 Å². The molecule has 1 saturated heterocycles. The highest BCUT2D eigenvalue weighted by atomic mass is 35.5. The van der Waals surface area contributed by atoms with E-state index in [2.05, 4.69) is 0 Å². The van der Waals surface area contributed by atoms with Gasteiger partial charge in [-0.2, -0.15) is 5.26 Å². The number of rotatable bonds is 7. The van der Waals surface area contributed by atoms with E-state index in [4.69, 9.17) is 23.8 Å². The van der Waals surface area contributed by atoms with Gasteiger partial charge in [0.2, 0.25) is 5.88 Å². The molecular formula is C28H22ClN3O4S2. The van der Waals surface area contributed by atoms with Crippen LogP contribution < -0.4 is 5.56 Å². The first kappa shape index (κ1) is 27.3. The number of nitrogens with zero attached hydrogens (tertiary/aromatic N) is 3. The number of carbonyl (C=O) groups excluding carboxylic acids is 2. The summed E-state index contributed by atoms with van der Waals surface area (Å²) >= 11 is 12.8. The van der Waals surface area contributed by atoms with Crippen LogP contribution in [-0.2, 0) is 11.3 Å². The lowest BCUT2D eigenvalue weighted by Gasteiger charge is -2.18. The predicted molar refractivity (Wildman–Crippen MR) is 152 cm³/mol. The zero-order chi connectivity index (χ0) is 27.6. The van der Waals surface area contributed by atoms with Gasteiger partial charge in [-0.05, 0) is 42.7 Å². The van der Waals surface area contributed by atoms with Crippen LogP contribution in [0.4, 0.5) is 0 Å². The van der Waals surface area contributed by atoms with Crippen molar-refractivity contribution in [1.29, 1.82) is 5.26 Å². The average Bonchev–Trinajstić information content (AvgIpc) is 3.15. The van der Waals surface area contributed by atoms with Gasteiger partial charge in [-0.15, -0.1) is 0 Å². The third-order valence-electron chi connectivity index (χ3n) is 6.18. The monoisotopic (exact) mass is 563 g/mol. The maximum absolute atomic E-state index is 13.3. The number of ketones is 1. The van der Waals surface area contributed by atoms with Crippen molar-refractivity contribution in [1.82, 2.24) is 9.47 Å². The van der Waals surface area contributed by atoms with Gasteiger partial charge in [-0.1, -0.05) is 83.6 Å². The van der Waals surface area contributed by atoms with E-state index in [0.29, 0.717) is 19.8 Å². The summed E-state index contributed by atoms with van der Waals surface area (Å²) in [4.78, 5) is 41.0. The normalized spacial score (nSPS) is 14.3. The van der Waals surface area contributed by atoms with Crippen LogP contribution in [0.15, 0.2) is 58.2 Å². The van der Waals surface area contributed by atoms with Crippen molar-refractivity contribution >= 4 is 57.7 Å². The first-order chi connectivity index (χ1) is 18.1. The molecule has 1 aliphatic rings. The molecule has 1 fully saturated rings. The van der Waals surface area contributed by atoms with Crippen molar-refractivity contribution in [3.05, 3.63) is 102 Å². The molecule has 1 aliphatic heterocycles. The molecule has 10 heteroatoms. The minimum atomic E-state index is -0.725. The second-order valence-electron chi connectivity index (χ2n) is 8.71. The fourth-order valence-corrected chi connectivity index (χ4v) is 5.58. The molecule has 0 spiro atoms. The zero-order valence-corrected chi connectivity index (χ0v) is 22.9. The highest BCUT2D eigenvalue weighted by Crippen LogP contribution is 2.33. The number of carbonyl (C=O) groups is 2. The average molecular weight is 564 g/mol. The second kappa shape index (κ2) is 11.4. The number of hydrogen-bond donors (Lipinski definition) is 1. The molecule has 2 heterocycles. The minimum absolute atomic E-state index is 0.0147. The van der Waals surface area contributed by atoms with Crippen molar-refractivity contribution in [2.75, 3.05) is 6.54 Å². The van der Waals surface area contributed by atoms with E-state index < -0.39 is 17.2 Å². The van der Waals surface area contributed by atoms with Crippen molar-refractivity contribution < 1.29 is 14.7 Å². The number of halogens is 1. The van der Waals surface area contributed by atoms with Crippen molar-refractivity contribution in [2.45, 2.75) is 26.8 Å². The van der Waals surface area contributed by atoms with E-state index in [1.165, 1.54) is 11.8 Å². The number of benzene rings is 2. The number of thioether (sulfide) groups is 1. The third kappa shape index (κ3) is 5.43. The lowest BCUT2D eigenvalue weighted by molar-refractivity contribution is -0.122. The van der Waals surface area contributed by atoms with E-state index in [9.17, 15) is 24.8 Å². The summed E-state index contributed by atoms with van der Waals surface area (Å²) in [5.74, 6) is -1.39. The molecule has 7 nitrogen and oxygen atoms in total. The van der Waals surface area contributed by atoms with Crippen LogP contribution in [0.25, 0.3) is 6.08 Å². The van der Waals surface area contributed by atoms with Crippen LogP contribution in [0.2, 0.25) is 5.02 Å². The van der Waals surface area contributed by atoms with Gasteiger partial charge < -0.3 is 5.11 Å². The molecular weight excluding hydrogens is 542 g/mol. The van der Waals surface area contributed by atoms with Gasteiger partial charge >= 0.3 is 0 Å². The van der Waals surface area contributed by atoms with Crippen LogP contribution in [-0.4, -0.2) is 37.1 Å². The molecule has 0 atom stereocenters. The first-order valence-electron chi connectivity index (χ1n) is 11.6. The Hall–Kier alpha value is -3.71. The summed E-state index contributed by atoms with van der Waals surface area (Å²) in [6.07, 6.45) is 1.58. The Morgan fingerprint density at radius 2 is 1.84 bits per heavy atom. The molecule has 3 aromatic rings. The summed E-state index contributed by atoms with van der Waals surface area (Å²) < 4.78 is 1.28. The molecule has 0 saturated carbocycles. The van der Waals surface area contributed by atoms with Crippen molar-refractivity contribution in [2.24, 2.45) is 0 Å². The number of aromatic hydroxyl groups is 1. The molecule has 0 radical (unpaired) electrons. The lowest BCUT2D eigenvalue weighted by Crippen LogP contribution is -2.31.